The van der Waals surface area contributed by atoms with Gasteiger partial charge in [0.2, 0.25) is 5.91 Å². The maximum atomic E-state index is 13.5. The smallest absolute Gasteiger partial charge is 0.410 e. The van der Waals surface area contributed by atoms with Crippen LogP contribution in [0.5, 0.6) is 0 Å². The van der Waals surface area contributed by atoms with E-state index in [-0.39, 0.29) is 23.8 Å². The molecule has 0 aliphatic carbocycles. The molecule has 0 radical (unpaired) electrons. The molecule has 13 nitrogen and oxygen atoms in total. The zero-order chi connectivity index (χ0) is 38.3. The van der Waals surface area contributed by atoms with Crippen molar-refractivity contribution in [1.29, 1.82) is 5.26 Å². The molecule has 1 aliphatic rings. The first-order chi connectivity index (χ1) is 25.2. The number of amides is 4. The number of ether oxygens (including phenoxy) is 1. The van der Waals surface area contributed by atoms with Crippen LogP contribution in [0, 0.1) is 21.4 Å². The Morgan fingerprint density at radius 1 is 1.04 bits per heavy atom. The number of thiophene rings is 1. The first-order valence-corrected chi connectivity index (χ1v) is 18.1. The molecule has 0 saturated carbocycles. The fraction of sp³-hybridized carbons (Fsp3) is 0.237. The van der Waals surface area contributed by atoms with Gasteiger partial charge in [0.15, 0.2) is 0 Å². The van der Waals surface area contributed by atoms with Gasteiger partial charge in [-0.2, -0.15) is 5.26 Å². The molecule has 3 aromatic carbocycles. The van der Waals surface area contributed by atoms with Gasteiger partial charge >= 0.3 is 6.09 Å². The number of carbonyl (C=O) groups is 4. The minimum Gasteiger partial charge on any atom is -0.444 e. The molecular formula is C38H36N6O7S2. The zero-order valence-corrected chi connectivity index (χ0v) is 30.9. The number of nitro groups is 1. The molecule has 272 valence electrons. The molecule has 0 spiro atoms. The third-order valence-corrected chi connectivity index (χ3v) is 10.0. The van der Waals surface area contributed by atoms with Gasteiger partial charge in [0.1, 0.15) is 22.4 Å². The highest BCUT2D eigenvalue weighted by Crippen LogP contribution is 2.38. The number of anilines is 2. The molecule has 0 bridgehead atoms. The fourth-order valence-electron chi connectivity index (χ4n) is 5.21. The van der Waals surface area contributed by atoms with Crippen LogP contribution in [0.15, 0.2) is 89.5 Å². The van der Waals surface area contributed by atoms with Crippen molar-refractivity contribution in [3.05, 3.63) is 122 Å². The molecular weight excluding hydrogens is 717 g/mol. The Hall–Kier alpha value is -5.98. The van der Waals surface area contributed by atoms with Crippen LogP contribution in [-0.4, -0.2) is 51.0 Å². The zero-order valence-electron chi connectivity index (χ0n) is 29.3. The molecule has 4 amide bonds. The fourth-order valence-corrected chi connectivity index (χ4v) is 7.35. The van der Waals surface area contributed by atoms with Crippen LogP contribution in [0.3, 0.4) is 0 Å². The lowest BCUT2D eigenvalue weighted by Gasteiger charge is -2.29. The van der Waals surface area contributed by atoms with E-state index >= 15 is 0 Å². The first-order valence-electron chi connectivity index (χ1n) is 16.4. The summed E-state index contributed by atoms with van der Waals surface area (Å²) >= 11 is 2.51. The second-order valence-electron chi connectivity index (χ2n) is 12.9. The number of nitro benzene ring substituents is 1. The van der Waals surface area contributed by atoms with Gasteiger partial charge in [0.25, 0.3) is 17.5 Å². The number of nitriles is 1. The minimum absolute atomic E-state index is 0.0975. The monoisotopic (exact) mass is 752 g/mol. The first kappa shape index (κ1) is 38.3. The topological polar surface area (TPSA) is 184 Å². The van der Waals surface area contributed by atoms with E-state index in [4.69, 9.17) is 4.74 Å². The van der Waals surface area contributed by atoms with E-state index in [1.54, 1.807) is 87.2 Å². The third kappa shape index (κ3) is 10.1. The number of rotatable bonds is 10. The summed E-state index contributed by atoms with van der Waals surface area (Å²) in [6, 6.07) is 22.9. The standard InChI is InChI=1S/C38H36N6O7S2/c1-23(33(45)42-36-30(21-39)29-17-18-43(22-32(29)53-36)37(48)51-38(2,3)4)52-28-12-8-11-26(20-28)40-35(47)31(41-34(46)25-9-6-5-7-10-25)19-24-13-15-27(16-14-24)44(49)50/h5-16,19-20,23H,17-18,22H2,1-4H3,(H,40,47)(H,41,46)(H,42,45)/b31-19+. The van der Waals surface area contributed by atoms with Gasteiger partial charge in [-0.1, -0.05) is 24.3 Å². The lowest BCUT2D eigenvalue weighted by atomic mass is 10.0. The van der Waals surface area contributed by atoms with Crippen LogP contribution in [0.4, 0.5) is 21.2 Å². The number of fused-ring (bicyclic) bond motifs is 1. The van der Waals surface area contributed by atoms with E-state index in [9.17, 15) is 34.6 Å². The van der Waals surface area contributed by atoms with Gasteiger partial charge < -0.3 is 25.6 Å². The number of carbonyl (C=O) groups excluding carboxylic acids is 4. The van der Waals surface area contributed by atoms with Crippen molar-refractivity contribution in [3.63, 3.8) is 0 Å². The van der Waals surface area contributed by atoms with E-state index < -0.39 is 33.7 Å². The van der Waals surface area contributed by atoms with E-state index in [1.807, 2.05) is 0 Å². The van der Waals surface area contributed by atoms with Crippen molar-refractivity contribution in [1.82, 2.24) is 10.2 Å². The Bertz CT molecular complexity index is 2120. The number of hydrogen-bond acceptors (Lipinski definition) is 10. The maximum absolute atomic E-state index is 13.5. The van der Waals surface area contributed by atoms with Gasteiger partial charge in [-0.3, -0.25) is 24.5 Å². The predicted molar refractivity (Wildman–Crippen MR) is 203 cm³/mol. The van der Waals surface area contributed by atoms with Gasteiger partial charge in [0, 0.05) is 39.7 Å². The maximum Gasteiger partial charge on any atom is 0.410 e. The second kappa shape index (κ2) is 16.6. The molecule has 1 atom stereocenters. The molecule has 3 N–H and O–H groups in total. The van der Waals surface area contributed by atoms with Gasteiger partial charge in [-0.15, -0.1) is 23.1 Å². The van der Waals surface area contributed by atoms with Crippen molar-refractivity contribution in [2.75, 3.05) is 17.2 Å². The summed E-state index contributed by atoms with van der Waals surface area (Å²) in [5.41, 5.74) is 1.52. The largest absolute Gasteiger partial charge is 0.444 e. The van der Waals surface area contributed by atoms with Crippen molar-refractivity contribution in [3.8, 4) is 6.07 Å². The number of nitrogens with zero attached hydrogens (tertiary/aromatic N) is 3. The Morgan fingerprint density at radius 3 is 2.42 bits per heavy atom. The normalized spacial score (nSPS) is 13.2. The Morgan fingerprint density at radius 2 is 1.75 bits per heavy atom. The average molecular weight is 753 g/mol. The summed E-state index contributed by atoms with van der Waals surface area (Å²) in [5, 5.41) is 29.2. The number of thioether (sulfide) groups is 1. The highest BCUT2D eigenvalue weighted by molar-refractivity contribution is 8.00. The molecule has 2 heterocycles. The molecule has 0 saturated heterocycles. The summed E-state index contributed by atoms with van der Waals surface area (Å²) in [5.74, 6) is -1.50. The van der Waals surface area contributed by atoms with E-state index in [1.165, 1.54) is 53.4 Å². The molecule has 1 aromatic heterocycles. The predicted octanol–water partition coefficient (Wildman–Crippen LogP) is 7.35. The lowest BCUT2D eigenvalue weighted by Crippen LogP contribution is -2.39. The second-order valence-corrected chi connectivity index (χ2v) is 15.4. The van der Waals surface area contributed by atoms with Crippen LogP contribution < -0.4 is 16.0 Å². The SMILES string of the molecule is CC(Sc1cccc(NC(=O)/C(=C\c2ccc([N+](=O)[O-])cc2)NC(=O)c2ccccc2)c1)C(=O)Nc1sc2c(c1C#N)CCN(C(=O)OC(C)(C)C)C2. The molecule has 5 rings (SSSR count). The van der Waals surface area contributed by atoms with E-state index in [0.29, 0.717) is 45.2 Å². The summed E-state index contributed by atoms with van der Waals surface area (Å²) in [7, 11) is 0. The van der Waals surface area contributed by atoms with Crippen molar-refractivity contribution in [2.24, 2.45) is 0 Å². The number of nitrogens with one attached hydrogen (secondary N) is 3. The van der Waals surface area contributed by atoms with Crippen molar-refractivity contribution in [2.45, 2.75) is 56.4 Å². The summed E-state index contributed by atoms with van der Waals surface area (Å²) in [6.45, 7) is 7.80. The summed E-state index contributed by atoms with van der Waals surface area (Å²) in [6.07, 6.45) is 1.45. The summed E-state index contributed by atoms with van der Waals surface area (Å²) in [4.78, 5) is 66.2. The highest BCUT2D eigenvalue weighted by Gasteiger charge is 2.30. The highest BCUT2D eigenvalue weighted by atomic mass is 32.2. The quantitative estimate of drug-likeness (QED) is 0.0645. The molecule has 53 heavy (non-hydrogen) atoms. The van der Waals surface area contributed by atoms with Gasteiger partial charge in [-0.25, -0.2) is 4.79 Å². The van der Waals surface area contributed by atoms with Crippen LogP contribution >= 0.6 is 23.1 Å². The van der Waals surface area contributed by atoms with Crippen LogP contribution in [0.1, 0.15) is 59.6 Å². The third-order valence-electron chi connectivity index (χ3n) is 7.77. The molecule has 15 heteroatoms. The number of benzene rings is 3. The van der Waals surface area contributed by atoms with E-state index in [0.717, 1.165) is 10.4 Å². The molecule has 0 fully saturated rings. The van der Waals surface area contributed by atoms with Crippen molar-refractivity contribution < 1.29 is 28.8 Å². The minimum atomic E-state index is -0.642. The Kier molecular flexibility index (Phi) is 12.0. The molecule has 1 aliphatic heterocycles. The average Bonchev–Trinajstić information content (AvgIpc) is 3.47. The van der Waals surface area contributed by atoms with Crippen molar-refractivity contribution >= 4 is 69.4 Å². The lowest BCUT2D eigenvalue weighted by molar-refractivity contribution is -0.384. The van der Waals surface area contributed by atoms with Crippen LogP contribution in [0.2, 0.25) is 0 Å². The molecule has 4 aromatic rings. The molecule has 1 unspecified atom stereocenters. The van der Waals surface area contributed by atoms with Crippen LogP contribution in [-0.2, 0) is 27.3 Å². The van der Waals surface area contributed by atoms with Gasteiger partial charge in [-0.05, 0) is 93.8 Å². The Labute approximate surface area is 314 Å². The Balaban J connectivity index is 1.27. The van der Waals surface area contributed by atoms with Gasteiger partial charge in [0.05, 0.1) is 22.3 Å². The van der Waals surface area contributed by atoms with E-state index in [2.05, 4.69) is 22.0 Å². The number of hydrogen-bond donors (Lipinski definition) is 3. The van der Waals surface area contributed by atoms with Crippen LogP contribution in [0.25, 0.3) is 6.08 Å². The number of non-ortho nitro benzene ring substituents is 1. The summed E-state index contributed by atoms with van der Waals surface area (Å²) < 4.78 is 5.51.